The van der Waals surface area contributed by atoms with E-state index in [0.29, 0.717) is 17.9 Å². The molecule has 0 bridgehead atoms. The quantitative estimate of drug-likeness (QED) is 0.796. The molecule has 0 fully saturated rings. The predicted molar refractivity (Wildman–Crippen MR) is 92.3 cm³/mol. The number of benzene rings is 2. The molecule has 1 amide bonds. The van der Waals surface area contributed by atoms with Gasteiger partial charge in [0.05, 0.1) is 22.8 Å². The normalized spacial score (nSPS) is 16.3. The van der Waals surface area contributed by atoms with Gasteiger partial charge in [0, 0.05) is 18.0 Å². The maximum Gasteiger partial charge on any atom is 0.234 e. The average molecular weight is 341 g/mol. The first-order chi connectivity index (χ1) is 11.6. The van der Waals surface area contributed by atoms with Crippen LogP contribution in [0.4, 0.5) is 4.39 Å². The number of halogens is 1. The summed E-state index contributed by atoms with van der Waals surface area (Å²) in [5.41, 5.74) is 2.67. The molecule has 1 aliphatic rings. The van der Waals surface area contributed by atoms with Gasteiger partial charge in [-0.05, 0) is 30.2 Å². The summed E-state index contributed by atoms with van der Waals surface area (Å²) in [7, 11) is 1.87. The van der Waals surface area contributed by atoms with Crippen LogP contribution in [0.1, 0.15) is 11.4 Å². The van der Waals surface area contributed by atoms with Gasteiger partial charge in [0.2, 0.25) is 5.91 Å². The zero-order valence-corrected chi connectivity index (χ0v) is 13.9. The van der Waals surface area contributed by atoms with Crippen molar-refractivity contribution in [1.82, 2.24) is 14.9 Å². The molecule has 1 N–H and O–H groups in total. The molecule has 2 heterocycles. The summed E-state index contributed by atoms with van der Waals surface area (Å²) < 4.78 is 15.2. The second-order valence-corrected chi connectivity index (χ2v) is 7.10. The number of aryl methyl sites for hydroxylation is 1. The Labute approximate surface area is 143 Å². The molecule has 0 aliphatic carbocycles. The fraction of sp³-hybridized carbons (Fsp3) is 0.222. The third-order valence-corrected chi connectivity index (χ3v) is 5.61. The third kappa shape index (κ3) is 2.67. The zero-order valence-electron chi connectivity index (χ0n) is 13.1. The van der Waals surface area contributed by atoms with E-state index in [1.165, 1.54) is 22.6 Å². The van der Waals surface area contributed by atoms with Crippen LogP contribution >= 0.6 is 11.8 Å². The van der Waals surface area contributed by atoms with Crippen molar-refractivity contribution in [3.63, 3.8) is 0 Å². The number of carbonyl (C=O) groups excluding carboxylic acids is 1. The Kier molecular flexibility index (Phi) is 3.76. The highest BCUT2D eigenvalue weighted by Gasteiger charge is 2.27. The molecule has 4 nitrogen and oxygen atoms in total. The lowest BCUT2D eigenvalue weighted by Crippen LogP contribution is -2.32. The molecule has 4 rings (SSSR count). The molecule has 0 saturated heterocycles. The Morgan fingerprint density at radius 1 is 1.38 bits per heavy atom. The van der Waals surface area contributed by atoms with Crippen LogP contribution in [-0.4, -0.2) is 20.7 Å². The number of rotatable bonds is 3. The zero-order chi connectivity index (χ0) is 16.7. The molecule has 122 valence electrons. The van der Waals surface area contributed by atoms with Crippen LogP contribution in [0.15, 0.2) is 47.4 Å². The lowest BCUT2D eigenvalue weighted by atomic mass is 10.1. The van der Waals surface area contributed by atoms with Gasteiger partial charge in [0.15, 0.2) is 0 Å². The Hall–Kier alpha value is -2.34. The molecule has 1 aliphatic heterocycles. The topological polar surface area (TPSA) is 46.9 Å². The smallest absolute Gasteiger partial charge is 0.234 e. The van der Waals surface area contributed by atoms with Gasteiger partial charge in [0.25, 0.3) is 0 Å². The van der Waals surface area contributed by atoms with Crippen LogP contribution in [0.5, 0.6) is 0 Å². The lowest BCUT2D eigenvalue weighted by Gasteiger charge is -2.10. The van der Waals surface area contributed by atoms with E-state index in [1.54, 1.807) is 17.8 Å². The second kappa shape index (κ2) is 5.94. The summed E-state index contributed by atoms with van der Waals surface area (Å²) in [6.45, 7) is 0.332. The number of thioether (sulfide) groups is 1. The molecule has 3 aromatic rings. The first-order valence-corrected chi connectivity index (χ1v) is 8.63. The number of carbonyl (C=O) groups is 1. The Bertz CT molecular complexity index is 912. The van der Waals surface area contributed by atoms with E-state index in [0.717, 1.165) is 11.9 Å². The first kappa shape index (κ1) is 15.2. The number of nitrogens with zero attached hydrogens (tertiary/aromatic N) is 2. The summed E-state index contributed by atoms with van der Waals surface area (Å²) in [6.07, 6.45) is 0.750. The largest absolute Gasteiger partial charge is 0.348 e. The van der Waals surface area contributed by atoms with E-state index in [4.69, 9.17) is 0 Å². The molecule has 1 aromatic heterocycles. The van der Waals surface area contributed by atoms with E-state index in [2.05, 4.69) is 16.4 Å². The van der Waals surface area contributed by atoms with Gasteiger partial charge in [-0.1, -0.05) is 18.2 Å². The van der Waals surface area contributed by atoms with Gasteiger partial charge in [-0.15, -0.1) is 11.8 Å². The maximum absolute atomic E-state index is 13.3. The number of hydrogen-bond donors (Lipinski definition) is 1. The monoisotopic (exact) mass is 341 g/mol. The average Bonchev–Trinajstić information content (AvgIpc) is 3.14. The Morgan fingerprint density at radius 3 is 3.04 bits per heavy atom. The molecule has 6 heteroatoms. The molecule has 0 radical (unpaired) electrons. The lowest BCUT2D eigenvalue weighted by molar-refractivity contribution is -0.120. The predicted octanol–water partition coefficient (Wildman–Crippen LogP) is 3.05. The molecule has 24 heavy (non-hydrogen) atoms. The van der Waals surface area contributed by atoms with Gasteiger partial charge >= 0.3 is 0 Å². The molecule has 0 saturated carbocycles. The SMILES string of the molecule is Cn1c(CNC(=O)[C@H]2Cc3ccccc3S2)nc2cc(F)ccc21. The highest BCUT2D eigenvalue weighted by Crippen LogP contribution is 2.36. The highest BCUT2D eigenvalue weighted by atomic mass is 32.2. The van der Waals surface area contributed by atoms with Crippen molar-refractivity contribution in [2.45, 2.75) is 23.1 Å². The summed E-state index contributed by atoms with van der Waals surface area (Å²) in [5, 5.41) is 2.85. The third-order valence-electron chi connectivity index (χ3n) is 4.30. The van der Waals surface area contributed by atoms with Crippen LogP contribution < -0.4 is 5.32 Å². The first-order valence-electron chi connectivity index (χ1n) is 7.75. The highest BCUT2D eigenvalue weighted by molar-refractivity contribution is 8.01. The molecule has 0 spiro atoms. The summed E-state index contributed by atoms with van der Waals surface area (Å²) in [6, 6.07) is 12.6. The van der Waals surface area contributed by atoms with Gasteiger partial charge < -0.3 is 9.88 Å². The standard InChI is InChI=1S/C18H16FN3OS/c1-22-14-7-6-12(19)9-13(14)21-17(22)10-20-18(23)16-8-11-4-2-3-5-15(11)24-16/h2-7,9,16H,8,10H2,1H3,(H,20,23)/t16-/m1/s1. The molecule has 2 aromatic carbocycles. The summed E-state index contributed by atoms with van der Waals surface area (Å²) in [5.74, 6) is 0.412. The van der Waals surface area contributed by atoms with E-state index >= 15 is 0 Å². The van der Waals surface area contributed by atoms with Crippen LogP contribution in [0.3, 0.4) is 0 Å². The van der Waals surface area contributed by atoms with Gasteiger partial charge in [-0.25, -0.2) is 9.37 Å². The van der Waals surface area contributed by atoms with Crippen LogP contribution in [0.25, 0.3) is 11.0 Å². The number of amides is 1. The molecular formula is C18H16FN3OS. The molecular weight excluding hydrogens is 325 g/mol. The van der Waals surface area contributed by atoms with Crippen LogP contribution in [0, 0.1) is 5.82 Å². The van der Waals surface area contributed by atoms with E-state index in [-0.39, 0.29) is 17.0 Å². The van der Waals surface area contributed by atoms with Gasteiger partial charge in [-0.2, -0.15) is 0 Å². The van der Waals surface area contributed by atoms with E-state index in [1.807, 2.05) is 29.8 Å². The summed E-state index contributed by atoms with van der Waals surface area (Å²) in [4.78, 5) is 18.0. The fourth-order valence-corrected chi connectivity index (χ4v) is 4.21. The second-order valence-electron chi connectivity index (χ2n) is 5.86. The van der Waals surface area contributed by atoms with Crippen molar-refractivity contribution in [2.24, 2.45) is 7.05 Å². The van der Waals surface area contributed by atoms with Crippen LogP contribution in [0.2, 0.25) is 0 Å². The number of aromatic nitrogens is 2. The molecule has 0 unspecified atom stereocenters. The van der Waals surface area contributed by atoms with E-state index < -0.39 is 0 Å². The van der Waals surface area contributed by atoms with Crippen LogP contribution in [-0.2, 0) is 24.8 Å². The van der Waals surface area contributed by atoms with Crippen molar-refractivity contribution in [3.8, 4) is 0 Å². The van der Waals surface area contributed by atoms with E-state index in [9.17, 15) is 9.18 Å². The minimum Gasteiger partial charge on any atom is -0.348 e. The fourth-order valence-electron chi connectivity index (χ4n) is 2.99. The number of hydrogen-bond acceptors (Lipinski definition) is 3. The maximum atomic E-state index is 13.3. The number of fused-ring (bicyclic) bond motifs is 2. The Morgan fingerprint density at radius 2 is 2.21 bits per heavy atom. The van der Waals surface area contributed by atoms with Crippen molar-refractivity contribution in [3.05, 3.63) is 59.7 Å². The summed E-state index contributed by atoms with van der Waals surface area (Å²) >= 11 is 1.60. The number of nitrogens with one attached hydrogen (secondary N) is 1. The minimum atomic E-state index is -0.309. The van der Waals surface area contributed by atoms with Crippen molar-refractivity contribution in [2.75, 3.05) is 0 Å². The van der Waals surface area contributed by atoms with Crippen molar-refractivity contribution < 1.29 is 9.18 Å². The van der Waals surface area contributed by atoms with Crippen molar-refractivity contribution >= 4 is 28.7 Å². The number of imidazole rings is 1. The van der Waals surface area contributed by atoms with Crippen molar-refractivity contribution in [1.29, 1.82) is 0 Å². The van der Waals surface area contributed by atoms with Gasteiger partial charge in [-0.3, -0.25) is 4.79 Å². The molecule has 1 atom stereocenters. The van der Waals surface area contributed by atoms with Gasteiger partial charge in [0.1, 0.15) is 11.6 Å². The Balaban J connectivity index is 1.46. The minimum absolute atomic E-state index is 0.00874.